The fourth-order valence-corrected chi connectivity index (χ4v) is 3.75. The molecule has 0 aromatic carbocycles. The molecule has 2 atom stereocenters. The van der Waals surface area contributed by atoms with Gasteiger partial charge in [-0.1, -0.05) is 6.92 Å². The predicted molar refractivity (Wildman–Crippen MR) is 68.5 cm³/mol. The molecule has 15 heavy (non-hydrogen) atoms. The molecule has 1 heterocycles. The van der Waals surface area contributed by atoms with Crippen molar-refractivity contribution in [1.82, 2.24) is 10.2 Å². The molecule has 2 nitrogen and oxygen atoms in total. The van der Waals surface area contributed by atoms with E-state index in [4.69, 9.17) is 0 Å². The summed E-state index contributed by atoms with van der Waals surface area (Å²) in [6, 6.07) is 1.55. The molecule has 1 saturated carbocycles. The molecule has 2 aliphatic rings. The molecular formula is C12H24N2S. The van der Waals surface area contributed by atoms with Crippen LogP contribution in [0.2, 0.25) is 0 Å². The highest BCUT2D eigenvalue weighted by molar-refractivity contribution is 7.99. The normalized spacial score (nSPS) is 30.4. The first-order valence-electron chi connectivity index (χ1n) is 6.34. The van der Waals surface area contributed by atoms with Crippen LogP contribution in [0, 0.1) is 5.92 Å². The minimum Gasteiger partial charge on any atom is -0.312 e. The highest BCUT2D eigenvalue weighted by atomic mass is 32.2. The van der Waals surface area contributed by atoms with E-state index >= 15 is 0 Å². The van der Waals surface area contributed by atoms with Crippen molar-refractivity contribution in [2.45, 2.75) is 38.3 Å². The standard InChI is InChI=1S/C12H24N2S/c1-3-6-13-12(10-4-5-10)11-9-15-8-7-14(11)2/h10-13H,3-9H2,1-2H3. The zero-order valence-electron chi connectivity index (χ0n) is 10.0. The van der Waals surface area contributed by atoms with Crippen LogP contribution in [0.25, 0.3) is 0 Å². The molecule has 2 unspecified atom stereocenters. The van der Waals surface area contributed by atoms with Crippen LogP contribution in [0.5, 0.6) is 0 Å². The Kier molecular flexibility index (Phi) is 4.35. The van der Waals surface area contributed by atoms with E-state index in [0.717, 1.165) is 18.0 Å². The van der Waals surface area contributed by atoms with Gasteiger partial charge in [-0.3, -0.25) is 0 Å². The SMILES string of the molecule is CCCNC(C1CC1)C1CSCCN1C. The monoisotopic (exact) mass is 228 g/mol. The minimum atomic E-state index is 0.766. The van der Waals surface area contributed by atoms with E-state index in [-0.39, 0.29) is 0 Å². The second-order valence-electron chi connectivity index (χ2n) is 4.94. The molecule has 0 spiro atoms. The average molecular weight is 228 g/mol. The van der Waals surface area contributed by atoms with Gasteiger partial charge in [0.15, 0.2) is 0 Å². The summed E-state index contributed by atoms with van der Waals surface area (Å²) in [5, 5.41) is 3.78. The predicted octanol–water partition coefficient (Wildman–Crippen LogP) is 1.81. The van der Waals surface area contributed by atoms with E-state index in [2.05, 4.69) is 35.9 Å². The number of nitrogens with zero attached hydrogens (tertiary/aromatic N) is 1. The maximum atomic E-state index is 3.78. The first-order chi connectivity index (χ1) is 7.33. The van der Waals surface area contributed by atoms with Crippen LogP contribution in [0.1, 0.15) is 26.2 Å². The zero-order valence-corrected chi connectivity index (χ0v) is 10.9. The second kappa shape index (κ2) is 5.55. The topological polar surface area (TPSA) is 15.3 Å². The largest absolute Gasteiger partial charge is 0.312 e. The van der Waals surface area contributed by atoms with Crippen LogP contribution in [0.4, 0.5) is 0 Å². The highest BCUT2D eigenvalue weighted by Crippen LogP contribution is 2.36. The molecule has 2 rings (SSSR count). The molecule has 3 heteroatoms. The summed E-state index contributed by atoms with van der Waals surface area (Å²) in [4.78, 5) is 2.57. The van der Waals surface area contributed by atoms with E-state index in [1.165, 1.54) is 43.9 Å². The maximum absolute atomic E-state index is 3.78. The van der Waals surface area contributed by atoms with E-state index in [0.29, 0.717) is 0 Å². The molecule has 0 aromatic heterocycles. The van der Waals surface area contributed by atoms with E-state index in [1.807, 2.05) is 0 Å². The fraction of sp³-hybridized carbons (Fsp3) is 1.00. The summed E-state index contributed by atoms with van der Waals surface area (Å²) >= 11 is 2.13. The molecule has 0 amide bonds. The Morgan fingerprint density at radius 1 is 1.47 bits per heavy atom. The summed E-state index contributed by atoms with van der Waals surface area (Å²) < 4.78 is 0. The van der Waals surface area contributed by atoms with Gasteiger partial charge in [-0.25, -0.2) is 0 Å². The Morgan fingerprint density at radius 2 is 2.27 bits per heavy atom. The number of hydrogen-bond donors (Lipinski definition) is 1. The zero-order chi connectivity index (χ0) is 10.7. The van der Waals surface area contributed by atoms with Crippen LogP contribution >= 0.6 is 11.8 Å². The van der Waals surface area contributed by atoms with Crippen LogP contribution in [-0.2, 0) is 0 Å². The third kappa shape index (κ3) is 3.11. The summed E-state index contributed by atoms with van der Waals surface area (Å²) in [5.41, 5.74) is 0. The number of thioether (sulfide) groups is 1. The van der Waals surface area contributed by atoms with Crippen molar-refractivity contribution < 1.29 is 0 Å². The Bertz CT molecular complexity index is 194. The Balaban J connectivity index is 1.89. The lowest BCUT2D eigenvalue weighted by atomic mass is 10.0. The summed E-state index contributed by atoms with van der Waals surface area (Å²) in [7, 11) is 2.30. The van der Waals surface area contributed by atoms with Crippen LogP contribution in [0.3, 0.4) is 0 Å². The van der Waals surface area contributed by atoms with Gasteiger partial charge in [0, 0.05) is 30.1 Å². The molecule has 1 aliphatic heterocycles. The first-order valence-corrected chi connectivity index (χ1v) is 7.49. The molecule has 0 radical (unpaired) electrons. The van der Waals surface area contributed by atoms with E-state index in [9.17, 15) is 0 Å². The third-order valence-electron chi connectivity index (χ3n) is 3.62. The molecule has 88 valence electrons. The average Bonchev–Trinajstić information content (AvgIpc) is 3.05. The van der Waals surface area contributed by atoms with Gasteiger partial charge in [0.2, 0.25) is 0 Å². The molecule has 1 N–H and O–H groups in total. The molecule has 0 bridgehead atoms. The first kappa shape index (κ1) is 11.7. The van der Waals surface area contributed by atoms with Gasteiger partial charge < -0.3 is 10.2 Å². The van der Waals surface area contributed by atoms with Crippen molar-refractivity contribution in [3.05, 3.63) is 0 Å². The Morgan fingerprint density at radius 3 is 2.87 bits per heavy atom. The number of nitrogens with one attached hydrogen (secondary N) is 1. The van der Waals surface area contributed by atoms with Gasteiger partial charge in [-0.05, 0) is 38.8 Å². The van der Waals surface area contributed by atoms with Gasteiger partial charge in [0.25, 0.3) is 0 Å². The lowest BCUT2D eigenvalue weighted by Crippen LogP contribution is -2.54. The van der Waals surface area contributed by atoms with Crippen molar-refractivity contribution in [3.8, 4) is 0 Å². The van der Waals surface area contributed by atoms with Crippen LogP contribution in [-0.4, -0.2) is 48.6 Å². The summed E-state index contributed by atoms with van der Waals surface area (Å²) in [6.45, 7) is 4.72. The van der Waals surface area contributed by atoms with Crippen LogP contribution < -0.4 is 5.32 Å². The van der Waals surface area contributed by atoms with Gasteiger partial charge in [0.1, 0.15) is 0 Å². The third-order valence-corrected chi connectivity index (χ3v) is 4.67. The molecule has 1 saturated heterocycles. The molecular weight excluding hydrogens is 204 g/mol. The lowest BCUT2D eigenvalue weighted by molar-refractivity contribution is 0.201. The smallest absolute Gasteiger partial charge is 0.0339 e. The minimum absolute atomic E-state index is 0.766. The molecule has 0 aromatic rings. The number of hydrogen-bond acceptors (Lipinski definition) is 3. The fourth-order valence-electron chi connectivity index (χ4n) is 2.47. The molecule has 1 aliphatic carbocycles. The lowest BCUT2D eigenvalue weighted by Gasteiger charge is -2.38. The summed E-state index contributed by atoms with van der Waals surface area (Å²) in [6.07, 6.45) is 4.17. The maximum Gasteiger partial charge on any atom is 0.0339 e. The quantitative estimate of drug-likeness (QED) is 0.772. The summed E-state index contributed by atoms with van der Waals surface area (Å²) in [5.74, 6) is 3.62. The van der Waals surface area contributed by atoms with Crippen molar-refractivity contribution in [2.24, 2.45) is 5.92 Å². The van der Waals surface area contributed by atoms with E-state index in [1.54, 1.807) is 0 Å². The second-order valence-corrected chi connectivity index (χ2v) is 6.09. The Labute approximate surface area is 98.2 Å². The highest BCUT2D eigenvalue weighted by Gasteiger charge is 2.38. The van der Waals surface area contributed by atoms with Crippen molar-refractivity contribution in [3.63, 3.8) is 0 Å². The van der Waals surface area contributed by atoms with Gasteiger partial charge in [-0.2, -0.15) is 11.8 Å². The van der Waals surface area contributed by atoms with E-state index < -0.39 is 0 Å². The number of likely N-dealkylation sites (N-methyl/N-ethyl adjacent to an activating group) is 1. The number of rotatable bonds is 5. The van der Waals surface area contributed by atoms with Crippen LogP contribution in [0.15, 0.2) is 0 Å². The van der Waals surface area contributed by atoms with Gasteiger partial charge >= 0.3 is 0 Å². The van der Waals surface area contributed by atoms with Crippen molar-refractivity contribution in [1.29, 1.82) is 0 Å². The molecule has 2 fully saturated rings. The van der Waals surface area contributed by atoms with Gasteiger partial charge in [-0.15, -0.1) is 0 Å². The van der Waals surface area contributed by atoms with Crippen molar-refractivity contribution >= 4 is 11.8 Å². The Hall–Kier alpha value is 0.270. The van der Waals surface area contributed by atoms with Crippen molar-refractivity contribution in [2.75, 3.05) is 31.6 Å². The van der Waals surface area contributed by atoms with Gasteiger partial charge in [0.05, 0.1) is 0 Å².